The van der Waals surface area contributed by atoms with Crippen molar-refractivity contribution in [1.29, 1.82) is 0 Å². The molecule has 0 amide bonds. The summed E-state index contributed by atoms with van der Waals surface area (Å²) in [5.74, 6) is -4.35. The molecule has 0 aliphatic carbocycles. The summed E-state index contributed by atoms with van der Waals surface area (Å²) in [5, 5.41) is 32.5. The first-order valence-electron chi connectivity index (χ1n) is 5.55. The first-order chi connectivity index (χ1) is 8.66. The molecule has 8 heteroatoms. The molecule has 0 heterocycles. The SMILES string of the molecule is CC(CCC(=O)O)C(=O)O.O=C(O)CCCC(=O)O. The number of rotatable bonds is 8. The van der Waals surface area contributed by atoms with Crippen molar-refractivity contribution in [3.8, 4) is 0 Å². The third-order valence-corrected chi connectivity index (χ3v) is 1.99. The Morgan fingerprint density at radius 1 is 0.789 bits per heavy atom. The molecule has 4 N–H and O–H groups in total. The zero-order valence-electron chi connectivity index (χ0n) is 10.5. The predicted octanol–water partition coefficient (Wildman–Crippen LogP) is 0.898. The van der Waals surface area contributed by atoms with Gasteiger partial charge in [-0.2, -0.15) is 0 Å². The third kappa shape index (κ3) is 18.4. The van der Waals surface area contributed by atoms with Crippen LogP contribution in [-0.4, -0.2) is 44.3 Å². The lowest BCUT2D eigenvalue weighted by molar-refractivity contribution is -0.143. The van der Waals surface area contributed by atoms with Crippen LogP contribution in [0, 0.1) is 5.92 Å². The fourth-order valence-corrected chi connectivity index (χ4v) is 0.854. The van der Waals surface area contributed by atoms with Crippen LogP contribution in [0.4, 0.5) is 0 Å². The average Bonchev–Trinajstić information content (AvgIpc) is 2.25. The van der Waals surface area contributed by atoms with Gasteiger partial charge < -0.3 is 20.4 Å². The molecule has 19 heavy (non-hydrogen) atoms. The summed E-state index contributed by atoms with van der Waals surface area (Å²) in [5.41, 5.74) is 0. The topological polar surface area (TPSA) is 149 Å². The lowest BCUT2D eigenvalue weighted by Crippen LogP contribution is -2.11. The molecule has 8 nitrogen and oxygen atoms in total. The van der Waals surface area contributed by atoms with Gasteiger partial charge in [-0.3, -0.25) is 19.2 Å². The van der Waals surface area contributed by atoms with E-state index >= 15 is 0 Å². The molecule has 0 aliphatic rings. The molecule has 0 radical (unpaired) electrons. The maximum Gasteiger partial charge on any atom is 0.306 e. The molecule has 0 aromatic carbocycles. The fraction of sp³-hybridized carbons (Fsp3) is 0.636. The van der Waals surface area contributed by atoms with Crippen molar-refractivity contribution >= 4 is 23.9 Å². The minimum atomic E-state index is -0.951. The van der Waals surface area contributed by atoms with E-state index in [0.29, 0.717) is 0 Å². The third-order valence-electron chi connectivity index (χ3n) is 1.99. The van der Waals surface area contributed by atoms with Crippen LogP contribution >= 0.6 is 0 Å². The molecule has 1 unspecified atom stereocenters. The van der Waals surface area contributed by atoms with E-state index in [1.54, 1.807) is 0 Å². The van der Waals surface area contributed by atoms with Gasteiger partial charge in [-0.25, -0.2) is 0 Å². The lowest BCUT2D eigenvalue weighted by Gasteiger charge is -2.01. The molecule has 1 atom stereocenters. The van der Waals surface area contributed by atoms with Gasteiger partial charge in [0.2, 0.25) is 0 Å². The standard InChI is InChI=1S/C6H10O4.C5H8O4/c1-4(6(9)10)2-3-5(7)8;6-4(7)2-1-3-5(8)9/h4H,2-3H2,1H3,(H,7,8)(H,9,10);1-3H2,(H,6,7)(H,8,9). The minimum absolute atomic E-state index is 0.0632. The van der Waals surface area contributed by atoms with E-state index in [9.17, 15) is 19.2 Å². The Hall–Kier alpha value is -2.12. The number of carboxylic acids is 4. The van der Waals surface area contributed by atoms with Crippen LogP contribution in [0.1, 0.15) is 39.0 Å². The Kier molecular flexibility index (Phi) is 11.1. The van der Waals surface area contributed by atoms with Gasteiger partial charge in [-0.1, -0.05) is 6.92 Å². The van der Waals surface area contributed by atoms with Crippen molar-refractivity contribution in [2.24, 2.45) is 5.92 Å². The molecule has 110 valence electrons. The van der Waals surface area contributed by atoms with Crippen molar-refractivity contribution in [3.05, 3.63) is 0 Å². The van der Waals surface area contributed by atoms with Gasteiger partial charge in [0.25, 0.3) is 0 Å². The van der Waals surface area contributed by atoms with Crippen LogP contribution < -0.4 is 0 Å². The van der Waals surface area contributed by atoms with Crippen LogP contribution in [0.5, 0.6) is 0 Å². The van der Waals surface area contributed by atoms with Crippen molar-refractivity contribution < 1.29 is 39.6 Å². The zero-order chi connectivity index (χ0) is 15.4. The second-order valence-electron chi connectivity index (χ2n) is 3.81. The molecule has 0 fully saturated rings. The molecular formula is C11H18O8. The van der Waals surface area contributed by atoms with E-state index in [0.717, 1.165) is 0 Å². The maximum atomic E-state index is 10.1. The van der Waals surface area contributed by atoms with Crippen LogP contribution in [0.3, 0.4) is 0 Å². The molecule has 0 bridgehead atoms. The second-order valence-corrected chi connectivity index (χ2v) is 3.81. The Bertz CT molecular complexity index is 309. The Morgan fingerprint density at radius 2 is 1.16 bits per heavy atom. The van der Waals surface area contributed by atoms with E-state index in [4.69, 9.17) is 20.4 Å². The smallest absolute Gasteiger partial charge is 0.306 e. The average molecular weight is 278 g/mol. The van der Waals surface area contributed by atoms with E-state index in [2.05, 4.69) is 0 Å². The summed E-state index contributed by atoms with van der Waals surface area (Å²) in [6, 6.07) is 0. The summed E-state index contributed by atoms with van der Waals surface area (Å²) < 4.78 is 0. The lowest BCUT2D eigenvalue weighted by atomic mass is 10.1. The first-order valence-corrected chi connectivity index (χ1v) is 5.55. The molecule has 0 aromatic rings. The molecular weight excluding hydrogens is 260 g/mol. The second kappa shape index (κ2) is 11.0. The van der Waals surface area contributed by atoms with E-state index in [1.807, 2.05) is 0 Å². The molecule has 0 saturated heterocycles. The van der Waals surface area contributed by atoms with Crippen LogP contribution in [0.25, 0.3) is 0 Å². The minimum Gasteiger partial charge on any atom is -0.481 e. The molecule has 0 saturated carbocycles. The molecule has 0 rings (SSSR count). The summed E-state index contributed by atoms with van der Waals surface area (Å²) in [6.45, 7) is 1.49. The van der Waals surface area contributed by atoms with Crippen LogP contribution in [-0.2, 0) is 19.2 Å². The number of hydrogen-bond acceptors (Lipinski definition) is 4. The summed E-state index contributed by atoms with van der Waals surface area (Å²) in [6.07, 6.45) is 0.210. The summed E-state index contributed by atoms with van der Waals surface area (Å²) >= 11 is 0. The number of aliphatic carboxylic acids is 4. The molecule has 0 aromatic heterocycles. The van der Waals surface area contributed by atoms with Gasteiger partial charge in [0.15, 0.2) is 0 Å². The normalized spacial score (nSPS) is 10.8. The summed E-state index contributed by atoms with van der Waals surface area (Å²) in [7, 11) is 0. The monoisotopic (exact) mass is 278 g/mol. The van der Waals surface area contributed by atoms with Crippen molar-refractivity contribution in [2.75, 3.05) is 0 Å². The Labute approximate surface area is 109 Å². The van der Waals surface area contributed by atoms with Gasteiger partial charge in [-0.05, 0) is 12.8 Å². The quantitative estimate of drug-likeness (QED) is 0.511. The van der Waals surface area contributed by atoms with Crippen LogP contribution in [0.2, 0.25) is 0 Å². The highest BCUT2D eigenvalue weighted by Gasteiger charge is 2.11. The zero-order valence-corrected chi connectivity index (χ0v) is 10.5. The summed E-state index contributed by atoms with van der Waals surface area (Å²) in [4.78, 5) is 39.6. The van der Waals surface area contributed by atoms with Crippen molar-refractivity contribution in [1.82, 2.24) is 0 Å². The highest BCUT2D eigenvalue weighted by molar-refractivity contribution is 5.71. The largest absolute Gasteiger partial charge is 0.481 e. The number of hydrogen-bond donors (Lipinski definition) is 4. The highest BCUT2D eigenvalue weighted by atomic mass is 16.4. The molecule has 0 aliphatic heterocycles. The van der Waals surface area contributed by atoms with Gasteiger partial charge in [0.05, 0.1) is 5.92 Å². The van der Waals surface area contributed by atoms with Gasteiger partial charge >= 0.3 is 23.9 Å². The fourth-order valence-electron chi connectivity index (χ4n) is 0.854. The Morgan fingerprint density at radius 3 is 1.42 bits per heavy atom. The number of carbonyl (C=O) groups is 4. The van der Waals surface area contributed by atoms with E-state index < -0.39 is 29.8 Å². The molecule has 0 spiro atoms. The van der Waals surface area contributed by atoms with Gasteiger partial charge in [-0.15, -0.1) is 0 Å². The van der Waals surface area contributed by atoms with Gasteiger partial charge in [0.1, 0.15) is 0 Å². The Balaban J connectivity index is 0. The van der Waals surface area contributed by atoms with E-state index in [1.165, 1.54) is 6.92 Å². The predicted molar refractivity (Wildman–Crippen MR) is 62.8 cm³/mol. The van der Waals surface area contributed by atoms with E-state index in [-0.39, 0.29) is 32.1 Å². The van der Waals surface area contributed by atoms with Crippen molar-refractivity contribution in [2.45, 2.75) is 39.0 Å². The highest BCUT2D eigenvalue weighted by Crippen LogP contribution is 2.04. The number of carboxylic acid groups (broad SMARTS) is 4. The van der Waals surface area contributed by atoms with Crippen molar-refractivity contribution in [3.63, 3.8) is 0 Å². The first kappa shape index (κ1) is 19.2. The van der Waals surface area contributed by atoms with Crippen LogP contribution in [0.15, 0.2) is 0 Å². The van der Waals surface area contributed by atoms with Gasteiger partial charge in [0, 0.05) is 19.3 Å². The maximum absolute atomic E-state index is 10.1.